The molecule has 0 unspecified atom stereocenters. The molecule has 4 nitrogen and oxygen atoms in total. The number of hydrogen-bond donors (Lipinski definition) is 1. The second-order valence-electron chi connectivity index (χ2n) is 6.73. The number of halogens is 1. The molecule has 1 N–H and O–H groups in total. The van der Waals surface area contributed by atoms with Crippen molar-refractivity contribution >= 4 is 33.2 Å². The normalized spacial score (nSPS) is 27.6. The lowest BCUT2D eigenvalue weighted by atomic mass is 9.95. The predicted octanol–water partition coefficient (Wildman–Crippen LogP) is 4.41. The Morgan fingerprint density at radius 1 is 1.17 bits per heavy atom. The molecule has 1 saturated heterocycles. The van der Waals surface area contributed by atoms with Crippen LogP contribution in [0.1, 0.15) is 38.5 Å². The van der Waals surface area contributed by atoms with Gasteiger partial charge in [-0.25, -0.2) is 4.98 Å². The van der Waals surface area contributed by atoms with E-state index in [1.807, 2.05) is 18.2 Å². The highest BCUT2D eigenvalue weighted by atomic mass is 35.5. The quantitative estimate of drug-likeness (QED) is 0.851. The van der Waals surface area contributed by atoms with Crippen molar-refractivity contribution in [2.45, 2.75) is 56.8 Å². The van der Waals surface area contributed by atoms with Gasteiger partial charge in [0.2, 0.25) is 0 Å². The molecule has 1 atom stereocenters. The summed E-state index contributed by atoms with van der Waals surface area (Å²) in [7, 11) is 0. The Kier molecular flexibility index (Phi) is 5.22. The van der Waals surface area contributed by atoms with Crippen LogP contribution >= 0.6 is 22.9 Å². The Morgan fingerprint density at radius 3 is 2.79 bits per heavy atom. The van der Waals surface area contributed by atoms with Crippen molar-refractivity contribution in [1.29, 1.82) is 0 Å². The van der Waals surface area contributed by atoms with Crippen LogP contribution in [0.25, 0.3) is 10.2 Å². The van der Waals surface area contributed by atoms with E-state index in [9.17, 15) is 0 Å². The Labute approximate surface area is 151 Å². The fourth-order valence-corrected chi connectivity index (χ4v) is 4.70. The van der Waals surface area contributed by atoms with Crippen LogP contribution in [0, 0.1) is 0 Å². The first-order valence-corrected chi connectivity index (χ1v) is 10.0. The van der Waals surface area contributed by atoms with Gasteiger partial charge in [0, 0.05) is 11.1 Å². The summed E-state index contributed by atoms with van der Waals surface area (Å²) in [5.41, 5.74) is 0.959. The van der Waals surface area contributed by atoms with Crippen molar-refractivity contribution in [2.24, 2.45) is 0 Å². The molecule has 2 aliphatic rings. The topological polar surface area (TPSA) is 43.4 Å². The molecule has 0 radical (unpaired) electrons. The molecule has 6 heteroatoms. The molecule has 0 bridgehead atoms. The molecule has 2 aromatic rings. The summed E-state index contributed by atoms with van der Waals surface area (Å²) >= 11 is 7.61. The van der Waals surface area contributed by atoms with Crippen LogP contribution in [0.4, 0.5) is 0 Å². The van der Waals surface area contributed by atoms with Crippen molar-refractivity contribution in [3.63, 3.8) is 0 Å². The minimum atomic E-state index is 0.255. The Morgan fingerprint density at radius 2 is 2.00 bits per heavy atom. The van der Waals surface area contributed by atoms with Crippen LogP contribution in [-0.4, -0.2) is 36.4 Å². The van der Waals surface area contributed by atoms with E-state index in [2.05, 4.69) is 10.3 Å². The van der Waals surface area contributed by atoms with Gasteiger partial charge in [0.1, 0.15) is 6.10 Å². The van der Waals surface area contributed by atoms with Crippen molar-refractivity contribution < 1.29 is 9.47 Å². The summed E-state index contributed by atoms with van der Waals surface area (Å²) < 4.78 is 13.3. The lowest BCUT2D eigenvalue weighted by Crippen LogP contribution is -2.33. The smallest absolute Gasteiger partial charge is 0.274 e. The van der Waals surface area contributed by atoms with Crippen molar-refractivity contribution in [2.75, 3.05) is 13.2 Å². The molecule has 130 valence electrons. The van der Waals surface area contributed by atoms with Crippen molar-refractivity contribution in [1.82, 2.24) is 10.3 Å². The zero-order valence-electron chi connectivity index (χ0n) is 13.7. The highest BCUT2D eigenvalue weighted by molar-refractivity contribution is 7.20. The van der Waals surface area contributed by atoms with Gasteiger partial charge >= 0.3 is 0 Å². The summed E-state index contributed by atoms with van der Waals surface area (Å²) in [5.74, 6) is 0. The zero-order chi connectivity index (χ0) is 16.4. The van der Waals surface area contributed by atoms with Gasteiger partial charge in [-0.1, -0.05) is 22.9 Å². The maximum Gasteiger partial charge on any atom is 0.274 e. The third kappa shape index (κ3) is 4.02. The van der Waals surface area contributed by atoms with Crippen LogP contribution in [0.2, 0.25) is 5.02 Å². The number of hydrogen-bond acceptors (Lipinski definition) is 5. The monoisotopic (exact) mass is 366 g/mol. The molecule has 2 heterocycles. The summed E-state index contributed by atoms with van der Waals surface area (Å²) in [6.07, 6.45) is 7.41. The first-order chi connectivity index (χ1) is 11.8. The zero-order valence-corrected chi connectivity index (χ0v) is 15.2. The summed E-state index contributed by atoms with van der Waals surface area (Å²) in [5, 5.41) is 4.99. The number of rotatable bonds is 5. The average molecular weight is 367 g/mol. The third-order valence-electron chi connectivity index (χ3n) is 4.92. The maximum absolute atomic E-state index is 6.10. The first-order valence-electron chi connectivity index (χ1n) is 8.84. The molecule has 4 rings (SSSR count). The van der Waals surface area contributed by atoms with E-state index < -0.39 is 0 Å². The fraction of sp³-hybridized carbons (Fsp3) is 0.611. The minimum absolute atomic E-state index is 0.255. The molecule has 0 spiro atoms. The van der Waals surface area contributed by atoms with E-state index in [1.165, 1.54) is 12.8 Å². The second-order valence-corrected chi connectivity index (χ2v) is 8.16. The number of aromatic nitrogens is 1. The van der Waals surface area contributed by atoms with Gasteiger partial charge in [-0.15, -0.1) is 0 Å². The Hall–Kier alpha value is -0.880. The third-order valence-corrected chi connectivity index (χ3v) is 6.06. The first kappa shape index (κ1) is 16.6. The molecular weight excluding hydrogens is 344 g/mol. The number of ether oxygens (including phenoxy) is 2. The molecule has 0 amide bonds. The van der Waals surface area contributed by atoms with E-state index in [1.54, 1.807) is 11.3 Å². The number of fused-ring (bicyclic) bond motifs is 1. The summed E-state index contributed by atoms with van der Waals surface area (Å²) in [6, 6.07) is 6.33. The van der Waals surface area contributed by atoms with Gasteiger partial charge in [0.15, 0.2) is 0 Å². The molecule has 1 aliphatic heterocycles. The van der Waals surface area contributed by atoms with Crippen LogP contribution < -0.4 is 10.1 Å². The van der Waals surface area contributed by atoms with Gasteiger partial charge in [0.05, 0.1) is 22.9 Å². The highest BCUT2D eigenvalue weighted by Crippen LogP contribution is 2.32. The Bertz CT molecular complexity index is 679. The second kappa shape index (κ2) is 7.56. The van der Waals surface area contributed by atoms with Gasteiger partial charge in [-0.05, 0) is 63.3 Å². The largest absolute Gasteiger partial charge is 0.467 e. The van der Waals surface area contributed by atoms with Gasteiger partial charge in [-0.3, -0.25) is 0 Å². The molecule has 1 aliphatic carbocycles. The predicted molar refractivity (Wildman–Crippen MR) is 98.3 cm³/mol. The molecule has 2 fully saturated rings. The van der Waals surface area contributed by atoms with E-state index >= 15 is 0 Å². The van der Waals surface area contributed by atoms with E-state index in [-0.39, 0.29) is 6.10 Å². The fourth-order valence-electron chi connectivity index (χ4n) is 3.54. The average Bonchev–Trinajstić information content (AvgIpc) is 3.23. The van der Waals surface area contributed by atoms with Crippen LogP contribution in [0.15, 0.2) is 18.2 Å². The highest BCUT2D eigenvalue weighted by Gasteiger charge is 2.25. The minimum Gasteiger partial charge on any atom is -0.467 e. The SMILES string of the molecule is Clc1ccc2nc(OC3CCC(OC[C@H]4CCCN4)CC3)sc2c1. The van der Waals surface area contributed by atoms with E-state index in [0.717, 1.165) is 59.3 Å². The number of thiazole rings is 1. The van der Waals surface area contributed by atoms with E-state index in [0.29, 0.717) is 12.1 Å². The maximum atomic E-state index is 6.10. The van der Waals surface area contributed by atoms with E-state index in [4.69, 9.17) is 21.1 Å². The summed E-state index contributed by atoms with van der Waals surface area (Å²) in [6.45, 7) is 2.00. The number of nitrogens with zero attached hydrogens (tertiary/aromatic N) is 1. The number of nitrogens with one attached hydrogen (secondary N) is 1. The van der Waals surface area contributed by atoms with Crippen molar-refractivity contribution in [3.8, 4) is 5.19 Å². The molecular formula is C18H23ClN2O2S. The van der Waals surface area contributed by atoms with Gasteiger partial charge in [-0.2, -0.15) is 0 Å². The molecule has 24 heavy (non-hydrogen) atoms. The van der Waals surface area contributed by atoms with Crippen LogP contribution in [-0.2, 0) is 4.74 Å². The van der Waals surface area contributed by atoms with Gasteiger partial charge in [0.25, 0.3) is 5.19 Å². The Balaban J connectivity index is 1.26. The summed E-state index contributed by atoms with van der Waals surface area (Å²) in [4.78, 5) is 4.55. The lowest BCUT2D eigenvalue weighted by Gasteiger charge is -2.29. The lowest BCUT2D eigenvalue weighted by molar-refractivity contribution is -0.00465. The molecule has 1 saturated carbocycles. The molecule has 1 aromatic heterocycles. The molecule has 1 aromatic carbocycles. The van der Waals surface area contributed by atoms with Crippen molar-refractivity contribution in [3.05, 3.63) is 23.2 Å². The van der Waals surface area contributed by atoms with Gasteiger partial charge < -0.3 is 14.8 Å². The number of benzene rings is 1. The van der Waals surface area contributed by atoms with Crippen LogP contribution in [0.5, 0.6) is 5.19 Å². The standard InChI is InChI=1S/C18H23ClN2O2S/c19-12-3-8-16-17(10-12)24-18(21-16)23-15-6-4-14(5-7-15)22-11-13-2-1-9-20-13/h3,8,10,13-15,20H,1-2,4-7,9,11H2/t13-,14?,15?/m1/s1. The van der Waals surface area contributed by atoms with Crippen LogP contribution in [0.3, 0.4) is 0 Å².